The summed E-state index contributed by atoms with van der Waals surface area (Å²) in [6.07, 6.45) is -0.103. The fourth-order valence-corrected chi connectivity index (χ4v) is 2.85. The third-order valence-electron chi connectivity index (χ3n) is 4.32. The fraction of sp³-hybridized carbons (Fsp3) is 0.286. The van der Waals surface area contributed by atoms with Gasteiger partial charge in [-0.05, 0) is 60.4 Å². The molecule has 29 heavy (non-hydrogen) atoms. The van der Waals surface area contributed by atoms with Crippen LogP contribution in [0.3, 0.4) is 0 Å². The Kier molecular flexibility index (Phi) is 7.43. The molecule has 0 fully saturated rings. The van der Waals surface area contributed by atoms with Crippen LogP contribution in [0.15, 0.2) is 36.4 Å². The minimum Gasteiger partial charge on any atom is -0.550 e. The van der Waals surface area contributed by atoms with E-state index >= 15 is 0 Å². The van der Waals surface area contributed by atoms with Gasteiger partial charge in [0, 0.05) is 11.7 Å². The van der Waals surface area contributed by atoms with Crippen LogP contribution in [0.5, 0.6) is 11.5 Å². The number of ether oxygens (including phenoxy) is 3. The number of anilines is 1. The van der Waals surface area contributed by atoms with E-state index in [-0.39, 0.29) is 12.8 Å². The average molecular weight is 397 g/mol. The lowest BCUT2D eigenvalue weighted by Gasteiger charge is -2.23. The highest BCUT2D eigenvalue weighted by atomic mass is 16.5. The summed E-state index contributed by atoms with van der Waals surface area (Å²) in [5.41, 5.74) is 2.12. The van der Waals surface area contributed by atoms with Crippen molar-refractivity contribution in [1.82, 2.24) is 0 Å². The first-order valence-electron chi connectivity index (χ1n) is 8.72. The molecule has 0 radical (unpaired) electrons. The van der Waals surface area contributed by atoms with Crippen LogP contribution in [0.25, 0.3) is 0 Å². The van der Waals surface area contributed by atoms with E-state index in [1.54, 1.807) is 36.4 Å². The van der Waals surface area contributed by atoms with E-state index in [0.29, 0.717) is 33.9 Å². The molecule has 1 atom stereocenters. The number of aryl methyl sites for hydroxylation is 1. The molecule has 0 aliphatic rings. The number of carbonyl (C=O) groups is 2. The van der Waals surface area contributed by atoms with Gasteiger partial charge in [-0.3, -0.25) is 0 Å². The Balaban J connectivity index is 2.52. The van der Waals surface area contributed by atoms with Crippen LogP contribution < -0.4 is 19.9 Å². The van der Waals surface area contributed by atoms with E-state index in [2.05, 4.69) is 5.32 Å². The Labute approximate surface area is 168 Å². The van der Waals surface area contributed by atoms with Gasteiger partial charge in [-0.1, -0.05) is 0 Å². The monoisotopic (exact) mass is 397 g/mol. The molecule has 0 bridgehead atoms. The maximum atomic E-state index is 12.5. The van der Waals surface area contributed by atoms with E-state index in [1.165, 1.54) is 21.3 Å². The summed E-state index contributed by atoms with van der Waals surface area (Å²) in [6, 6.07) is 10.9. The molecule has 0 spiro atoms. The summed E-state index contributed by atoms with van der Waals surface area (Å²) in [5, 5.41) is 23.0. The number of carboxylic acid groups (broad SMARTS) is 1. The van der Waals surface area contributed by atoms with Gasteiger partial charge in [-0.2, -0.15) is 5.26 Å². The van der Waals surface area contributed by atoms with Crippen molar-refractivity contribution in [1.29, 1.82) is 5.26 Å². The zero-order valence-electron chi connectivity index (χ0n) is 16.4. The van der Waals surface area contributed by atoms with Gasteiger partial charge < -0.3 is 29.4 Å². The Hall–Kier alpha value is -3.73. The van der Waals surface area contributed by atoms with Crippen molar-refractivity contribution in [2.24, 2.45) is 0 Å². The highest BCUT2D eigenvalue weighted by molar-refractivity contribution is 5.82. The van der Waals surface area contributed by atoms with E-state index in [9.17, 15) is 14.7 Å². The Morgan fingerprint density at radius 2 is 1.72 bits per heavy atom. The summed E-state index contributed by atoms with van der Waals surface area (Å²) < 4.78 is 15.6. The largest absolute Gasteiger partial charge is 0.550 e. The number of hydrogen-bond donors (Lipinski definition) is 1. The highest BCUT2D eigenvalue weighted by Gasteiger charge is 2.26. The molecule has 1 N–H and O–H groups in total. The van der Waals surface area contributed by atoms with Gasteiger partial charge in [0.2, 0.25) is 0 Å². The van der Waals surface area contributed by atoms with Crippen LogP contribution >= 0.6 is 0 Å². The van der Waals surface area contributed by atoms with Gasteiger partial charge in [-0.25, -0.2) is 4.79 Å². The zero-order chi connectivity index (χ0) is 21.4. The van der Waals surface area contributed by atoms with Gasteiger partial charge in [-0.15, -0.1) is 0 Å². The van der Waals surface area contributed by atoms with E-state index in [0.717, 1.165) is 0 Å². The van der Waals surface area contributed by atoms with E-state index < -0.39 is 18.0 Å². The molecular weight excluding hydrogens is 376 g/mol. The first-order valence-corrected chi connectivity index (χ1v) is 8.72. The lowest BCUT2D eigenvalue weighted by atomic mass is 9.95. The second-order valence-corrected chi connectivity index (χ2v) is 6.07. The molecule has 2 aromatic carbocycles. The Bertz CT molecular complexity index is 918. The van der Waals surface area contributed by atoms with Gasteiger partial charge >= 0.3 is 5.97 Å². The quantitative estimate of drug-likeness (QED) is 0.633. The number of aliphatic carboxylic acids is 1. The standard InChI is InChI=1S/C21H22N2O6/c1-27-17-10-14(6-9-19(24)25)16(11-18(17)28-2)20(21(26)29-3)23-15-7-4-13(12-22)5-8-15/h4-5,7-8,10-11,20,23H,6,9H2,1-3H3,(H,24,25)/p-1. The van der Waals surface area contributed by atoms with Gasteiger partial charge in [0.1, 0.15) is 0 Å². The average Bonchev–Trinajstić information content (AvgIpc) is 2.75. The van der Waals surface area contributed by atoms with Crippen LogP contribution in [-0.2, 0) is 20.7 Å². The maximum Gasteiger partial charge on any atom is 0.333 e. The minimum absolute atomic E-state index is 0.126. The number of hydrogen-bond acceptors (Lipinski definition) is 8. The number of esters is 1. The number of carbonyl (C=O) groups excluding carboxylic acids is 2. The summed E-state index contributed by atoms with van der Waals surface area (Å²) in [5.74, 6) is -0.987. The van der Waals surface area contributed by atoms with Gasteiger partial charge in [0.25, 0.3) is 0 Å². The van der Waals surface area contributed by atoms with Crippen LogP contribution in [0.2, 0.25) is 0 Å². The SMILES string of the molecule is COC(=O)C(Nc1ccc(C#N)cc1)c1cc(OC)c(OC)cc1CCC(=O)[O-]. The van der Waals surface area contributed by atoms with Crippen LogP contribution in [0.1, 0.15) is 29.2 Å². The molecule has 152 valence electrons. The lowest BCUT2D eigenvalue weighted by molar-refractivity contribution is -0.305. The number of carboxylic acids is 1. The third-order valence-corrected chi connectivity index (χ3v) is 4.32. The summed E-state index contributed by atoms with van der Waals surface area (Å²) in [6.45, 7) is 0. The van der Waals surface area contributed by atoms with Gasteiger partial charge in [0.15, 0.2) is 17.5 Å². The van der Waals surface area contributed by atoms with Crippen molar-refractivity contribution in [3.8, 4) is 17.6 Å². The van der Waals surface area contributed by atoms with Crippen LogP contribution in [0, 0.1) is 11.3 Å². The normalized spacial score (nSPS) is 11.1. The number of nitriles is 1. The molecule has 0 saturated carbocycles. The molecule has 0 amide bonds. The number of benzene rings is 2. The topological polar surface area (TPSA) is 121 Å². The Morgan fingerprint density at radius 1 is 1.10 bits per heavy atom. The number of nitrogens with zero attached hydrogens (tertiary/aromatic N) is 1. The van der Waals surface area contributed by atoms with Crippen molar-refractivity contribution in [2.75, 3.05) is 26.6 Å². The molecule has 0 aliphatic heterocycles. The van der Waals surface area contributed by atoms with Gasteiger partial charge in [0.05, 0.1) is 33.0 Å². The summed E-state index contributed by atoms with van der Waals surface area (Å²) in [7, 11) is 4.19. The number of nitrogens with one attached hydrogen (secondary N) is 1. The molecule has 1 unspecified atom stereocenters. The summed E-state index contributed by atoms with van der Waals surface area (Å²) in [4.78, 5) is 23.5. The molecule has 0 aliphatic carbocycles. The van der Waals surface area contributed by atoms with Crippen LogP contribution in [-0.4, -0.2) is 33.3 Å². The molecular formula is C21H21N2O6-. The van der Waals surface area contributed by atoms with Crippen molar-refractivity contribution in [2.45, 2.75) is 18.9 Å². The number of methoxy groups -OCH3 is 3. The predicted molar refractivity (Wildman–Crippen MR) is 102 cm³/mol. The van der Waals surface area contributed by atoms with Crippen molar-refractivity contribution in [3.05, 3.63) is 53.1 Å². The first kappa shape index (κ1) is 21.6. The van der Waals surface area contributed by atoms with Crippen molar-refractivity contribution < 1.29 is 28.9 Å². The molecule has 0 aromatic heterocycles. The zero-order valence-corrected chi connectivity index (χ0v) is 16.4. The molecule has 2 aromatic rings. The lowest BCUT2D eigenvalue weighted by Crippen LogP contribution is -2.25. The fourth-order valence-electron chi connectivity index (χ4n) is 2.85. The van der Waals surface area contributed by atoms with Crippen molar-refractivity contribution >= 4 is 17.6 Å². The molecule has 8 nitrogen and oxygen atoms in total. The molecule has 0 heterocycles. The maximum absolute atomic E-state index is 12.5. The Morgan fingerprint density at radius 3 is 2.24 bits per heavy atom. The number of rotatable bonds is 9. The summed E-state index contributed by atoms with van der Waals surface area (Å²) >= 11 is 0. The third kappa shape index (κ3) is 5.39. The molecule has 8 heteroatoms. The second kappa shape index (κ2) is 9.99. The smallest absolute Gasteiger partial charge is 0.333 e. The van der Waals surface area contributed by atoms with Crippen LogP contribution in [0.4, 0.5) is 5.69 Å². The van der Waals surface area contributed by atoms with E-state index in [4.69, 9.17) is 19.5 Å². The minimum atomic E-state index is -1.21. The molecule has 2 rings (SSSR count). The van der Waals surface area contributed by atoms with E-state index in [1.807, 2.05) is 6.07 Å². The van der Waals surface area contributed by atoms with Crippen molar-refractivity contribution in [3.63, 3.8) is 0 Å². The predicted octanol–water partition coefficient (Wildman–Crippen LogP) is 1.58. The first-order chi connectivity index (χ1) is 13.9. The highest BCUT2D eigenvalue weighted by Crippen LogP contribution is 2.35. The molecule has 0 saturated heterocycles. The second-order valence-electron chi connectivity index (χ2n) is 6.07.